The van der Waals surface area contributed by atoms with Crippen molar-refractivity contribution in [2.24, 2.45) is 0 Å². The van der Waals surface area contributed by atoms with E-state index < -0.39 is 0 Å². The van der Waals surface area contributed by atoms with Crippen LogP contribution in [0.25, 0.3) is 0 Å². The molecule has 108 valence electrons. The summed E-state index contributed by atoms with van der Waals surface area (Å²) in [6, 6.07) is 10.2. The molecular weight excluding hydrogens is 250 g/mol. The van der Waals surface area contributed by atoms with Gasteiger partial charge in [-0.25, -0.2) is 0 Å². The molecular formula is C17H23NO2. The first kappa shape index (κ1) is 15.0. The third kappa shape index (κ3) is 4.33. The Labute approximate surface area is 121 Å². The van der Waals surface area contributed by atoms with Gasteiger partial charge >= 0.3 is 0 Å². The van der Waals surface area contributed by atoms with Crippen molar-refractivity contribution in [3.63, 3.8) is 0 Å². The number of hydrogen-bond donors (Lipinski definition) is 0. The van der Waals surface area contributed by atoms with Crippen molar-refractivity contribution < 1.29 is 9.47 Å². The molecule has 0 aliphatic heterocycles. The van der Waals surface area contributed by atoms with Crippen LogP contribution in [0.15, 0.2) is 24.3 Å². The molecule has 1 aromatic carbocycles. The van der Waals surface area contributed by atoms with Crippen molar-refractivity contribution in [2.75, 3.05) is 19.8 Å². The Balaban J connectivity index is 1.74. The number of rotatable bonds is 6. The third-order valence-electron chi connectivity index (χ3n) is 3.97. The highest BCUT2D eigenvalue weighted by Crippen LogP contribution is 2.34. The van der Waals surface area contributed by atoms with Gasteiger partial charge in [-0.15, -0.1) is 0 Å². The Morgan fingerprint density at radius 1 is 1.10 bits per heavy atom. The average molecular weight is 273 g/mol. The highest BCUT2D eigenvalue weighted by molar-refractivity contribution is 5.33. The molecule has 1 aliphatic rings. The van der Waals surface area contributed by atoms with E-state index in [0.717, 1.165) is 25.0 Å². The topological polar surface area (TPSA) is 42.2 Å². The summed E-state index contributed by atoms with van der Waals surface area (Å²) in [5.74, 6) is 0.620. The van der Waals surface area contributed by atoms with Crippen LogP contribution in [0.3, 0.4) is 0 Å². The first-order valence-electron chi connectivity index (χ1n) is 7.53. The zero-order valence-electron chi connectivity index (χ0n) is 12.2. The summed E-state index contributed by atoms with van der Waals surface area (Å²) in [7, 11) is 0. The van der Waals surface area contributed by atoms with Gasteiger partial charge in [0, 0.05) is 6.61 Å². The van der Waals surface area contributed by atoms with Gasteiger partial charge in [0.25, 0.3) is 0 Å². The predicted molar refractivity (Wildman–Crippen MR) is 78.6 cm³/mol. The number of nitriles is 1. The molecule has 0 atom stereocenters. The normalized spacial score (nSPS) is 22.4. The molecule has 0 unspecified atom stereocenters. The fourth-order valence-electron chi connectivity index (χ4n) is 2.81. The van der Waals surface area contributed by atoms with Crippen LogP contribution in [0.1, 0.15) is 49.7 Å². The Hall–Kier alpha value is -1.37. The van der Waals surface area contributed by atoms with Crippen molar-refractivity contribution in [2.45, 2.75) is 44.6 Å². The molecule has 1 aliphatic carbocycles. The van der Waals surface area contributed by atoms with E-state index in [1.165, 1.54) is 18.4 Å². The maximum atomic E-state index is 8.82. The van der Waals surface area contributed by atoms with E-state index in [1.807, 2.05) is 19.1 Å². The molecule has 1 saturated carbocycles. The minimum Gasteiger partial charge on any atom is -0.379 e. The van der Waals surface area contributed by atoms with E-state index >= 15 is 0 Å². The van der Waals surface area contributed by atoms with Gasteiger partial charge in [0.05, 0.1) is 31.0 Å². The highest BCUT2D eigenvalue weighted by atomic mass is 16.5. The lowest BCUT2D eigenvalue weighted by Crippen LogP contribution is -2.22. The lowest BCUT2D eigenvalue weighted by atomic mass is 9.82. The maximum Gasteiger partial charge on any atom is 0.0991 e. The zero-order valence-corrected chi connectivity index (χ0v) is 12.2. The second-order valence-electron chi connectivity index (χ2n) is 5.28. The number of benzene rings is 1. The van der Waals surface area contributed by atoms with Gasteiger partial charge in [0.2, 0.25) is 0 Å². The number of ether oxygens (including phenoxy) is 2. The molecule has 0 saturated heterocycles. The Morgan fingerprint density at radius 3 is 2.40 bits per heavy atom. The molecule has 0 radical (unpaired) electrons. The number of hydrogen-bond acceptors (Lipinski definition) is 3. The molecule has 0 heterocycles. The predicted octanol–water partition coefficient (Wildman–Crippen LogP) is 3.64. The van der Waals surface area contributed by atoms with Crippen LogP contribution in [0.5, 0.6) is 0 Å². The van der Waals surface area contributed by atoms with E-state index in [1.54, 1.807) is 0 Å². The molecule has 0 spiro atoms. The van der Waals surface area contributed by atoms with Gasteiger partial charge in [-0.05, 0) is 56.2 Å². The van der Waals surface area contributed by atoms with Gasteiger partial charge < -0.3 is 9.47 Å². The fourth-order valence-corrected chi connectivity index (χ4v) is 2.81. The van der Waals surface area contributed by atoms with E-state index in [9.17, 15) is 0 Å². The lowest BCUT2D eigenvalue weighted by molar-refractivity contribution is -0.0102. The summed E-state index contributed by atoms with van der Waals surface area (Å²) in [6.07, 6.45) is 4.98. The van der Waals surface area contributed by atoms with Crippen molar-refractivity contribution in [3.8, 4) is 6.07 Å². The summed E-state index contributed by atoms with van der Waals surface area (Å²) in [6.45, 7) is 4.17. The van der Waals surface area contributed by atoms with Crippen LogP contribution in [0, 0.1) is 11.3 Å². The smallest absolute Gasteiger partial charge is 0.0991 e. The van der Waals surface area contributed by atoms with Gasteiger partial charge in [-0.3, -0.25) is 0 Å². The Morgan fingerprint density at radius 2 is 1.80 bits per heavy atom. The van der Waals surface area contributed by atoms with Crippen LogP contribution < -0.4 is 0 Å². The van der Waals surface area contributed by atoms with Gasteiger partial charge in [0.15, 0.2) is 0 Å². The van der Waals surface area contributed by atoms with E-state index in [-0.39, 0.29) is 0 Å². The van der Waals surface area contributed by atoms with Crippen molar-refractivity contribution in [1.29, 1.82) is 5.26 Å². The second-order valence-corrected chi connectivity index (χ2v) is 5.28. The quantitative estimate of drug-likeness (QED) is 0.743. The molecule has 3 heteroatoms. The zero-order chi connectivity index (χ0) is 14.2. The lowest BCUT2D eigenvalue weighted by Gasteiger charge is -2.28. The summed E-state index contributed by atoms with van der Waals surface area (Å²) in [5.41, 5.74) is 2.10. The van der Waals surface area contributed by atoms with Gasteiger partial charge in [-0.1, -0.05) is 12.1 Å². The molecule has 0 N–H and O–H groups in total. The van der Waals surface area contributed by atoms with Crippen LogP contribution in [-0.4, -0.2) is 25.9 Å². The van der Waals surface area contributed by atoms with Gasteiger partial charge in [-0.2, -0.15) is 5.26 Å². The summed E-state index contributed by atoms with van der Waals surface area (Å²) >= 11 is 0. The fraction of sp³-hybridized carbons (Fsp3) is 0.588. The summed E-state index contributed by atoms with van der Waals surface area (Å²) in [4.78, 5) is 0. The van der Waals surface area contributed by atoms with Crippen molar-refractivity contribution in [3.05, 3.63) is 35.4 Å². The second kappa shape index (κ2) is 8.04. The van der Waals surface area contributed by atoms with E-state index in [0.29, 0.717) is 25.2 Å². The van der Waals surface area contributed by atoms with Crippen molar-refractivity contribution in [1.82, 2.24) is 0 Å². The molecule has 0 aromatic heterocycles. The average Bonchev–Trinajstić information content (AvgIpc) is 2.52. The maximum absolute atomic E-state index is 8.82. The van der Waals surface area contributed by atoms with Gasteiger partial charge in [0.1, 0.15) is 0 Å². The summed E-state index contributed by atoms with van der Waals surface area (Å²) < 4.78 is 11.1. The minimum absolute atomic E-state index is 0.394. The monoisotopic (exact) mass is 273 g/mol. The van der Waals surface area contributed by atoms with Crippen LogP contribution >= 0.6 is 0 Å². The van der Waals surface area contributed by atoms with E-state index in [4.69, 9.17) is 14.7 Å². The molecule has 20 heavy (non-hydrogen) atoms. The third-order valence-corrected chi connectivity index (χ3v) is 3.97. The Kier molecular flexibility index (Phi) is 6.04. The standard InChI is InChI=1S/C17H23NO2/c1-2-19-11-12-20-17-9-7-16(8-10-17)15-5-3-14(13-18)4-6-15/h3-6,16-17H,2,7-12H2,1H3. The molecule has 1 aromatic rings. The first-order chi connectivity index (χ1) is 9.83. The van der Waals surface area contributed by atoms with Crippen molar-refractivity contribution >= 4 is 0 Å². The van der Waals surface area contributed by atoms with Crippen LogP contribution in [0.2, 0.25) is 0 Å². The molecule has 2 rings (SSSR count). The highest BCUT2D eigenvalue weighted by Gasteiger charge is 2.22. The van der Waals surface area contributed by atoms with Crippen LogP contribution in [0.4, 0.5) is 0 Å². The molecule has 1 fully saturated rings. The molecule has 0 amide bonds. The first-order valence-corrected chi connectivity index (χ1v) is 7.53. The SMILES string of the molecule is CCOCCOC1CCC(c2ccc(C#N)cc2)CC1. The largest absolute Gasteiger partial charge is 0.379 e. The number of nitrogens with zero attached hydrogens (tertiary/aromatic N) is 1. The summed E-state index contributed by atoms with van der Waals surface area (Å²) in [5, 5.41) is 8.82. The van der Waals surface area contributed by atoms with Crippen LogP contribution in [-0.2, 0) is 9.47 Å². The minimum atomic E-state index is 0.394. The molecule has 0 bridgehead atoms. The molecule has 3 nitrogen and oxygen atoms in total. The Bertz CT molecular complexity index is 427. The van der Waals surface area contributed by atoms with E-state index in [2.05, 4.69) is 18.2 Å².